The normalized spacial score (nSPS) is 14.4. The molecule has 0 atom stereocenters. The zero-order chi connectivity index (χ0) is 20.1. The highest BCUT2D eigenvalue weighted by atomic mass is 32.1. The summed E-state index contributed by atoms with van der Waals surface area (Å²) in [7, 11) is 0. The lowest BCUT2D eigenvalue weighted by Crippen LogP contribution is -2.22. The van der Waals surface area contributed by atoms with Gasteiger partial charge in [0.25, 0.3) is 12.3 Å². The molecule has 29 heavy (non-hydrogen) atoms. The fourth-order valence-electron chi connectivity index (χ4n) is 3.73. The van der Waals surface area contributed by atoms with E-state index in [1.54, 1.807) is 21.5 Å². The highest BCUT2D eigenvalue weighted by molar-refractivity contribution is 7.22. The average molecular weight is 403 g/mol. The zero-order valence-electron chi connectivity index (χ0n) is 15.6. The molecular formula is C20H15BFN5OS. The molecule has 5 rings (SSSR count). The monoisotopic (exact) mass is 403 g/mol. The number of nitrogens with zero attached hydrogens (tertiary/aromatic N) is 5. The van der Waals surface area contributed by atoms with Crippen LogP contribution in [0, 0.1) is 24.0 Å². The number of fused-ring (bicyclic) bond motifs is 2. The van der Waals surface area contributed by atoms with Crippen LogP contribution in [0.25, 0.3) is 32.0 Å². The fourth-order valence-corrected chi connectivity index (χ4v) is 4.75. The van der Waals surface area contributed by atoms with Gasteiger partial charge in [-0.1, -0.05) is 12.4 Å². The molecule has 0 aromatic carbocycles. The quantitative estimate of drug-likeness (QED) is 0.474. The Morgan fingerprint density at radius 1 is 1.34 bits per heavy atom. The first-order chi connectivity index (χ1) is 14.0. The molecule has 1 aliphatic heterocycles. The molecule has 0 saturated heterocycles. The van der Waals surface area contributed by atoms with E-state index in [1.165, 1.54) is 17.4 Å². The van der Waals surface area contributed by atoms with Gasteiger partial charge in [0.05, 0.1) is 11.2 Å². The Morgan fingerprint density at radius 3 is 2.97 bits per heavy atom. The number of aryl methyl sites for hydroxylation is 1. The first kappa shape index (κ1) is 17.8. The van der Waals surface area contributed by atoms with Crippen LogP contribution < -0.4 is 5.56 Å². The number of allylic oxidation sites excluding steroid dienone is 2. The van der Waals surface area contributed by atoms with Gasteiger partial charge in [0, 0.05) is 34.5 Å². The second-order valence-electron chi connectivity index (χ2n) is 7.23. The van der Waals surface area contributed by atoms with Gasteiger partial charge < -0.3 is 4.40 Å². The maximum atomic E-state index is 14.5. The van der Waals surface area contributed by atoms with Crippen molar-refractivity contribution in [1.29, 1.82) is 5.26 Å². The maximum absolute atomic E-state index is 14.5. The van der Waals surface area contributed by atoms with Crippen LogP contribution in [0.1, 0.15) is 12.1 Å². The second-order valence-corrected chi connectivity index (χ2v) is 8.28. The van der Waals surface area contributed by atoms with E-state index < -0.39 is 5.82 Å². The van der Waals surface area contributed by atoms with E-state index in [1.807, 2.05) is 25.3 Å². The summed E-state index contributed by atoms with van der Waals surface area (Å²) in [5.74, 6) is 1.87. The van der Waals surface area contributed by atoms with Crippen molar-refractivity contribution in [2.45, 2.75) is 26.0 Å². The van der Waals surface area contributed by atoms with Crippen LogP contribution in [-0.2, 0) is 0 Å². The summed E-state index contributed by atoms with van der Waals surface area (Å²) in [5.41, 5.74) is 3.05. The Hall–Kier alpha value is -3.25. The number of hydrogen-bond acceptors (Lipinski definition) is 5. The lowest BCUT2D eigenvalue weighted by molar-refractivity contribution is 0.630. The molecule has 0 saturated carbocycles. The highest BCUT2D eigenvalue weighted by Crippen LogP contribution is 2.32. The van der Waals surface area contributed by atoms with Gasteiger partial charge >= 0.3 is 0 Å². The summed E-state index contributed by atoms with van der Waals surface area (Å²) < 4.78 is 18.2. The van der Waals surface area contributed by atoms with Crippen LogP contribution in [0.4, 0.5) is 4.39 Å². The average Bonchev–Trinajstić information content (AvgIpc) is 3.32. The Bertz CT molecular complexity index is 1410. The third kappa shape index (κ3) is 2.96. The van der Waals surface area contributed by atoms with Crippen LogP contribution in [0.2, 0.25) is 12.6 Å². The van der Waals surface area contributed by atoms with E-state index in [-0.39, 0.29) is 17.9 Å². The number of rotatable bonds is 2. The van der Waals surface area contributed by atoms with Crippen molar-refractivity contribution in [3.63, 3.8) is 0 Å². The fraction of sp³-hybridized carbons (Fsp3) is 0.200. The molecule has 0 fully saturated rings. The Balaban J connectivity index is 1.60. The molecule has 142 valence electrons. The molecule has 0 radical (unpaired) electrons. The van der Waals surface area contributed by atoms with E-state index in [0.717, 1.165) is 22.6 Å². The van der Waals surface area contributed by atoms with Gasteiger partial charge in [0.1, 0.15) is 11.0 Å². The number of halogens is 1. The summed E-state index contributed by atoms with van der Waals surface area (Å²) in [6, 6.07) is 3.26. The van der Waals surface area contributed by atoms with Crippen molar-refractivity contribution in [2.24, 2.45) is 0 Å². The smallest absolute Gasteiger partial charge is 0.275 e. The molecule has 0 unspecified atom stereocenters. The summed E-state index contributed by atoms with van der Waals surface area (Å²) in [4.78, 5) is 22.4. The summed E-state index contributed by atoms with van der Waals surface area (Å²) in [6.45, 7) is 1.83. The molecule has 0 spiro atoms. The largest absolute Gasteiger partial charge is 0.304 e. The minimum Gasteiger partial charge on any atom is -0.304 e. The van der Waals surface area contributed by atoms with E-state index in [2.05, 4.69) is 15.9 Å². The van der Waals surface area contributed by atoms with Crippen LogP contribution in [0.3, 0.4) is 0 Å². The molecule has 5 heterocycles. The molecule has 4 aromatic heterocycles. The van der Waals surface area contributed by atoms with Gasteiger partial charge in [-0.2, -0.15) is 0 Å². The summed E-state index contributed by atoms with van der Waals surface area (Å²) in [5, 5.41) is 9.05. The Morgan fingerprint density at radius 2 is 2.21 bits per heavy atom. The molecule has 9 heteroatoms. The first-order valence-corrected chi connectivity index (χ1v) is 10.1. The number of hydrogen-bond donors (Lipinski definition) is 0. The van der Waals surface area contributed by atoms with Crippen molar-refractivity contribution in [1.82, 2.24) is 18.9 Å². The van der Waals surface area contributed by atoms with Crippen LogP contribution in [0.5, 0.6) is 0 Å². The topological polar surface area (TPSA) is 76.0 Å². The minimum absolute atomic E-state index is 0.0103. The van der Waals surface area contributed by atoms with E-state index in [4.69, 9.17) is 5.26 Å². The van der Waals surface area contributed by atoms with Gasteiger partial charge in [0.15, 0.2) is 11.5 Å². The highest BCUT2D eigenvalue weighted by Gasteiger charge is 2.21. The molecule has 6 nitrogen and oxygen atoms in total. The maximum Gasteiger partial charge on any atom is 0.275 e. The number of thiophene rings is 1. The first-order valence-electron chi connectivity index (χ1n) is 9.29. The van der Waals surface area contributed by atoms with Crippen molar-refractivity contribution in [3.05, 3.63) is 58.8 Å². The third-order valence-electron chi connectivity index (χ3n) is 5.23. The van der Waals surface area contributed by atoms with Gasteiger partial charge in [-0.3, -0.25) is 9.36 Å². The van der Waals surface area contributed by atoms with Crippen LogP contribution in [-0.4, -0.2) is 25.6 Å². The van der Waals surface area contributed by atoms with Gasteiger partial charge in [-0.15, -0.1) is 11.3 Å². The number of aromatic nitrogens is 4. The van der Waals surface area contributed by atoms with Crippen molar-refractivity contribution in [3.8, 4) is 16.4 Å². The Kier molecular flexibility index (Phi) is 4.10. The molecule has 1 aliphatic rings. The predicted octanol–water partition coefficient (Wildman–Crippen LogP) is 4.02. The van der Waals surface area contributed by atoms with Gasteiger partial charge in [0.2, 0.25) is 0 Å². The molecule has 0 amide bonds. The van der Waals surface area contributed by atoms with E-state index >= 15 is 0 Å². The van der Waals surface area contributed by atoms with Crippen molar-refractivity contribution in [2.75, 3.05) is 0 Å². The van der Waals surface area contributed by atoms with Gasteiger partial charge in [-0.05, 0) is 31.8 Å². The lowest BCUT2D eigenvalue weighted by Gasteiger charge is -2.15. The van der Waals surface area contributed by atoms with Crippen molar-refractivity contribution >= 4 is 39.6 Å². The van der Waals surface area contributed by atoms with Crippen LogP contribution >= 0.6 is 11.3 Å². The summed E-state index contributed by atoms with van der Waals surface area (Å²) in [6.07, 6.45) is 9.14. The molecule has 4 aromatic rings. The predicted molar refractivity (Wildman–Crippen MR) is 113 cm³/mol. The third-order valence-corrected chi connectivity index (χ3v) is 6.39. The van der Waals surface area contributed by atoms with Crippen LogP contribution in [0.15, 0.2) is 41.7 Å². The number of nitriles is 1. The molecular weight excluding hydrogens is 388 g/mol. The van der Waals surface area contributed by atoms with Crippen molar-refractivity contribution < 1.29 is 4.39 Å². The lowest BCUT2D eigenvalue weighted by atomic mass is 9.44. The number of pyridine rings is 1. The van der Waals surface area contributed by atoms with E-state index in [0.29, 0.717) is 28.5 Å². The Labute approximate surface area is 169 Å². The number of imidazole rings is 1. The van der Waals surface area contributed by atoms with Gasteiger partial charge in [-0.25, -0.2) is 19.6 Å². The minimum atomic E-state index is -0.405. The zero-order valence-corrected chi connectivity index (χ0v) is 16.4. The SMILES string of the molecule is Cc1cn2cc(-c3cc4ncn(C5=CCB(C#N)CC5)c(=O)c4s3)cc(F)c2n1. The molecule has 0 aliphatic carbocycles. The second kappa shape index (κ2) is 6.67. The van der Waals surface area contributed by atoms with E-state index in [9.17, 15) is 9.18 Å². The molecule has 0 N–H and O–H groups in total. The summed E-state index contributed by atoms with van der Waals surface area (Å²) >= 11 is 1.31. The standard InChI is InChI=1S/C20H15BFN5OS/c1-12-8-26-9-13(6-15(22)19(26)25-12)17-7-16-18(29-17)20(28)27(11-24-16)14-2-4-21(10-23)5-3-14/h2,6-9,11H,3-5H2,1H3. The molecule has 0 bridgehead atoms.